The minimum Gasteiger partial charge on any atom is -0.377 e. The van der Waals surface area contributed by atoms with Crippen LogP contribution in [0, 0.1) is 6.92 Å². The molecule has 3 nitrogen and oxygen atoms in total. The van der Waals surface area contributed by atoms with Crippen molar-refractivity contribution in [3.8, 4) is 0 Å². The molecule has 0 aliphatic carbocycles. The SMILES string of the molecule is Cc1nc2cc(C3=CCOCC3)cc(Cl)c2[nH]1. The number of ether oxygens (including phenoxy) is 1. The van der Waals surface area contributed by atoms with Crippen LogP contribution in [0.5, 0.6) is 0 Å². The van der Waals surface area contributed by atoms with Crippen molar-refractivity contribution in [3.05, 3.63) is 34.6 Å². The number of aryl methyl sites for hydroxylation is 1. The quantitative estimate of drug-likeness (QED) is 0.841. The van der Waals surface area contributed by atoms with E-state index < -0.39 is 0 Å². The van der Waals surface area contributed by atoms with Crippen molar-refractivity contribution < 1.29 is 4.74 Å². The monoisotopic (exact) mass is 248 g/mol. The van der Waals surface area contributed by atoms with Gasteiger partial charge in [0.05, 0.1) is 29.3 Å². The van der Waals surface area contributed by atoms with Crippen LogP contribution in [0.1, 0.15) is 17.8 Å². The summed E-state index contributed by atoms with van der Waals surface area (Å²) in [5, 5.41) is 0.727. The minimum atomic E-state index is 0.685. The molecule has 1 aromatic heterocycles. The predicted molar refractivity (Wildman–Crippen MR) is 69.3 cm³/mol. The Morgan fingerprint density at radius 1 is 1.41 bits per heavy atom. The lowest BCUT2D eigenvalue weighted by molar-refractivity contribution is 0.161. The minimum absolute atomic E-state index is 0.685. The molecule has 0 atom stereocenters. The molecule has 4 heteroatoms. The van der Waals surface area contributed by atoms with Gasteiger partial charge >= 0.3 is 0 Å². The molecule has 88 valence electrons. The van der Waals surface area contributed by atoms with Gasteiger partial charge in [-0.25, -0.2) is 4.98 Å². The Morgan fingerprint density at radius 2 is 2.29 bits per heavy atom. The second kappa shape index (κ2) is 4.17. The molecule has 1 aliphatic heterocycles. The predicted octanol–water partition coefficient (Wildman–Crippen LogP) is 3.33. The van der Waals surface area contributed by atoms with Crippen LogP contribution in [-0.4, -0.2) is 23.2 Å². The Morgan fingerprint density at radius 3 is 3.06 bits per heavy atom. The summed E-state index contributed by atoms with van der Waals surface area (Å²) < 4.78 is 5.31. The summed E-state index contributed by atoms with van der Waals surface area (Å²) in [4.78, 5) is 7.60. The molecule has 1 aromatic carbocycles. The Labute approximate surface area is 104 Å². The smallest absolute Gasteiger partial charge is 0.104 e. The molecule has 1 N–H and O–H groups in total. The zero-order chi connectivity index (χ0) is 11.8. The molecule has 0 bridgehead atoms. The lowest BCUT2D eigenvalue weighted by atomic mass is 10.0. The summed E-state index contributed by atoms with van der Waals surface area (Å²) in [6.45, 7) is 3.40. The number of hydrogen-bond donors (Lipinski definition) is 1. The number of rotatable bonds is 1. The second-order valence-electron chi connectivity index (χ2n) is 4.23. The van der Waals surface area contributed by atoms with Crippen LogP contribution in [0.3, 0.4) is 0 Å². The number of aromatic nitrogens is 2. The van der Waals surface area contributed by atoms with Crippen molar-refractivity contribution in [1.29, 1.82) is 0 Å². The number of aromatic amines is 1. The number of nitrogens with one attached hydrogen (secondary N) is 1. The standard InChI is InChI=1S/C13H13ClN2O/c1-8-15-12-7-10(6-11(14)13(12)16-8)9-2-4-17-5-3-9/h2,6-7H,3-5H2,1H3,(H,15,16). The summed E-state index contributed by atoms with van der Waals surface area (Å²) in [6, 6.07) is 4.08. The fourth-order valence-electron chi connectivity index (χ4n) is 2.17. The molecule has 3 rings (SSSR count). The van der Waals surface area contributed by atoms with Crippen molar-refractivity contribution in [1.82, 2.24) is 9.97 Å². The Bertz CT molecular complexity index is 601. The van der Waals surface area contributed by atoms with E-state index in [9.17, 15) is 0 Å². The molecular weight excluding hydrogens is 236 g/mol. The molecule has 0 saturated heterocycles. The molecule has 0 amide bonds. The highest BCUT2D eigenvalue weighted by Gasteiger charge is 2.11. The maximum Gasteiger partial charge on any atom is 0.104 e. The fraction of sp³-hybridized carbons (Fsp3) is 0.308. The van der Waals surface area contributed by atoms with Crippen molar-refractivity contribution in [2.45, 2.75) is 13.3 Å². The van der Waals surface area contributed by atoms with Gasteiger partial charge in [0.1, 0.15) is 5.82 Å². The van der Waals surface area contributed by atoms with Crippen LogP contribution in [0.4, 0.5) is 0 Å². The van der Waals surface area contributed by atoms with Crippen LogP contribution < -0.4 is 0 Å². The molecular formula is C13H13ClN2O. The largest absolute Gasteiger partial charge is 0.377 e. The number of halogens is 1. The summed E-state index contributed by atoms with van der Waals surface area (Å²) in [5.41, 5.74) is 4.29. The number of fused-ring (bicyclic) bond motifs is 1. The first kappa shape index (κ1) is 10.8. The van der Waals surface area contributed by atoms with E-state index in [-0.39, 0.29) is 0 Å². The van der Waals surface area contributed by atoms with Gasteiger partial charge in [-0.3, -0.25) is 0 Å². The van der Waals surface area contributed by atoms with E-state index in [1.807, 2.05) is 13.0 Å². The molecule has 0 unspecified atom stereocenters. The van der Waals surface area contributed by atoms with Gasteiger partial charge in [0.25, 0.3) is 0 Å². The van der Waals surface area contributed by atoms with Crippen molar-refractivity contribution in [2.75, 3.05) is 13.2 Å². The first-order chi connectivity index (χ1) is 8.24. The fourth-order valence-corrected chi connectivity index (χ4v) is 2.43. The zero-order valence-corrected chi connectivity index (χ0v) is 10.3. The van der Waals surface area contributed by atoms with Gasteiger partial charge < -0.3 is 9.72 Å². The van der Waals surface area contributed by atoms with Gasteiger partial charge in [-0.1, -0.05) is 17.7 Å². The average molecular weight is 249 g/mol. The van der Waals surface area contributed by atoms with E-state index >= 15 is 0 Å². The van der Waals surface area contributed by atoms with E-state index in [1.165, 1.54) is 5.57 Å². The number of benzene rings is 1. The molecule has 0 saturated carbocycles. The maximum atomic E-state index is 6.27. The lowest BCUT2D eigenvalue weighted by Crippen LogP contribution is -2.03. The normalized spacial score (nSPS) is 16.2. The topological polar surface area (TPSA) is 37.9 Å². The number of imidazole rings is 1. The molecule has 2 aromatic rings. The molecule has 17 heavy (non-hydrogen) atoms. The van der Waals surface area contributed by atoms with E-state index in [0.29, 0.717) is 6.61 Å². The average Bonchev–Trinajstić information content (AvgIpc) is 2.71. The van der Waals surface area contributed by atoms with E-state index in [2.05, 4.69) is 22.1 Å². The van der Waals surface area contributed by atoms with Crippen LogP contribution in [0.15, 0.2) is 18.2 Å². The first-order valence-electron chi connectivity index (χ1n) is 5.67. The number of nitrogens with zero attached hydrogens (tertiary/aromatic N) is 1. The third-order valence-electron chi connectivity index (χ3n) is 3.00. The highest BCUT2D eigenvalue weighted by molar-refractivity contribution is 6.35. The molecule has 2 heterocycles. The molecule has 1 aliphatic rings. The summed E-state index contributed by atoms with van der Waals surface area (Å²) in [7, 11) is 0. The van der Waals surface area contributed by atoms with Gasteiger partial charge in [-0.15, -0.1) is 0 Å². The molecule has 0 radical (unpaired) electrons. The van der Waals surface area contributed by atoms with Gasteiger partial charge in [0.15, 0.2) is 0 Å². The van der Waals surface area contributed by atoms with Crippen molar-refractivity contribution in [3.63, 3.8) is 0 Å². The third-order valence-corrected chi connectivity index (χ3v) is 3.30. The summed E-state index contributed by atoms with van der Waals surface area (Å²) in [5.74, 6) is 0.889. The van der Waals surface area contributed by atoms with Crippen LogP contribution >= 0.6 is 11.6 Å². The van der Waals surface area contributed by atoms with Gasteiger partial charge in [-0.2, -0.15) is 0 Å². The van der Waals surface area contributed by atoms with E-state index in [1.54, 1.807) is 0 Å². The number of H-pyrrole nitrogens is 1. The van der Waals surface area contributed by atoms with Gasteiger partial charge in [0, 0.05) is 0 Å². The van der Waals surface area contributed by atoms with Gasteiger partial charge in [0.2, 0.25) is 0 Å². The second-order valence-corrected chi connectivity index (χ2v) is 4.64. The van der Waals surface area contributed by atoms with Crippen molar-refractivity contribution in [2.24, 2.45) is 0 Å². The summed E-state index contributed by atoms with van der Waals surface area (Å²) in [6.07, 6.45) is 3.05. The molecule has 0 fully saturated rings. The Hall–Kier alpha value is -1.32. The van der Waals surface area contributed by atoms with Crippen LogP contribution in [0.25, 0.3) is 16.6 Å². The van der Waals surface area contributed by atoms with Gasteiger partial charge in [-0.05, 0) is 36.6 Å². The van der Waals surface area contributed by atoms with E-state index in [4.69, 9.17) is 16.3 Å². The highest BCUT2D eigenvalue weighted by Crippen LogP contribution is 2.29. The van der Waals surface area contributed by atoms with E-state index in [0.717, 1.165) is 40.5 Å². The zero-order valence-electron chi connectivity index (χ0n) is 9.59. The number of hydrogen-bond acceptors (Lipinski definition) is 2. The summed E-state index contributed by atoms with van der Waals surface area (Å²) >= 11 is 6.27. The maximum absolute atomic E-state index is 6.27. The third kappa shape index (κ3) is 1.96. The first-order valence-corrected chi connectivity index (χ1v) is 6.05. The Kier molecular flexibility index (Phi) is 2.65. The Balaban J connectivity index is 2.14. The molecule has 0 spiro atoms. The lowest BCUT2D eigenvalue weighted by Gasteiger charge is -2.13. The van der Waals surface area contributed by atoms with Crippen LogP contribution in [-0.2, 0) is 4.74 Å². The highest BCUT2D eigenvalue weighted by atomic mass is 35.5. The van der Waals surface area contributed by atoms with Crippen LogP contribution in [0.2, 0.25) is 5.02 Å². The van der Waals surface area contributed by atoms with Crippen molar-refractivity contribution >= 4 is 28.2 Å².